The second kappa shape index (κ2) is 7.06. The van der Waals surface area contributed by atoms with Crippen LogP contribution in [0.2, 0.25) is 0 Å². The van der Waals surface area contributed by atoms with E-state index in [2.05, 4.69) is 11.5 Å². The maximum absolute atomic E-state index is 9.55. The number of carbonyl (C=O) groups excluding carboxylic acids is 1. The number of carboxylic acids is 2. The molecule has 0 aliphatic heterocycles. The molecule has 0 aliphatic carbocycles. The fraction of sp³-hybridized carbons (Fsp3) is 0. The van der Waals surface area contributed by atoms with E-state index < -0.39 is 18.0 Å². The van der Waals surface area contributed by atoms with Crippen LogP contribution in [0.15, 0.2) is 12.2 Å². The van der Waals surface area contributed by atoms with Gasteiger partial charge in [-0.1, -0.05) is 0 Å². The fourth-order valence-electron chi connectivity index (χ4n) is 0.143. The lowest BCUT2D eigenvalue weighted by molar-refractivity contribution is -0.134. The van der Waals surface area contributed by atoms with Crippen molar-refractivity contribution in [2.24, 2.45) is 11.5 Å². The van der Waals surface area contributed by atoms with Crippen molar-refractivity contribution in [3.63, 3.8) is 0 Å². The zero-order chi connectivity index (χ0) is 10.1. The number of urea groups is 1. The molecular weight excluding hydrogens is 168 g/mol. The van der Waals surface area contributed by atoms with Gasteiger partial charge >= 0.3 is 18.0 Å². The molecule has 0 saturated heterocycles. The van der Waals surface area contributed by atoms with Crippen molar-refractivity contribution in [3.8, 4) is 0 Å². The minimum Gasteiger partial charge on any atom is -0.478 e. The van der Waals surface area contributed by atoms with Crippen LogP contribution < -0.4 is 11.5 Å². The lowest BCUT2D eigenvalue weighted by Crippen LogP contribution is -2.18. The Kier molecular flexibility index (Phi) is 7.42. The van der Waals surface area contributed by atoms with Gasteiger partial charge in [-0.15, -0.1) is 0 Å². The summed E-state index contributed by atoms with van der Waals surface area (Å²) < 4.78 is 0. The Hall–Kier alpha value is -2.05. The van der Waals surface area contributed by atoms with E-state index in [-0.39, 0.29) is 0 Å². The molecule has 0 fully saturated rings. The second-order valence-corrected chi connectivity index (χ2v) is 1.41. The van der Waals surface area contributed by atoms with Crippen LogP contribution in [0, 0.1) is 0 Å². The van der Waals surface area contributed by atoms with Gasteiger partial charge in [0.2, 0.25) is 0 Å². The SMILES string of the molecule is NC(N)=O.O=C(O)/C=C/C(=O)O. The molecule has 0 saturated carbocycles. The highest BCUT2D eigenvalue weighted by Crippen LogP contribution is 1.70. The van der Waals surface area contributed by atoms with Crippen molar-refractivity contribution >= 4 is 18.0 Å². The van der Waals surface area contributed by atoms with Gasteiger partial charge in [0.05, 0.1) is 0 Å². The molecule has 0 unspecified atom stereocenters. The van der Waals surface area contributed by atoms with Crippen molar-refractivity contribution in [1.29, 1.82) is 0 Å². The molecule has 12 heavy (non-hydrogen) atoms. The van der Waals surface area contributed by atoms with E-state index >= 15 is 0 Å². The Morgan fingerprint density at radius 1 is 0.917 bits per heavy atom. The van der Waals surface area contributed by atoms with Crippen molar-refractivity contribution in [3.05, 3.63) is 12.2 Å². The highest BCUT2D eigenvalue weighted by atomic mass is 16.4. The maximum atomic E-state index is 9.55. The lowest BCUT2D eigenvalue weighted by atomic mass is 10.5. The Morgan fingerprint density at radius 3 is 1.17 bits per heavy atom. The second-order valence-electron chi connectivity index (χ2n) is 1.41. The molecule has 0 aromatic carbocycles. The van der Waals surface area contributed by atoms with Gasteiger partial charge in [0, 0.05) is 12.2 Å². The molecule has 0 heterocycles. The molecule has 0 radical (unpaired) electrons. The average Bonchev–Trinajstić information content (AvgIpc) is 1.82. The number of carboxylic acid groups (broad SMARTS) is 2. The first kappa shape index (κ1) is 12.6. The fourth-order valence-corrected chi connectivity index (χ4v) is 0.143. The maximum Gasteiger partial charge on any atom is 0.328 e. The summed E-state index contributed by atoms with van der Waals surface area (Å²) >= 11 is 0. The monoisotopic (exact) mass is 176 g/mol. The van der Waals surface area contributed by atoms with Crippen LogP contribution in [0.25, 0.3) is 0 Å². The van der Waals surface area contributed by atoms with E-state index in [0.29, 0.717) is 12.2 Å². The van der Waals surface area contributed by atoms with Gasteiger partial charge in [0.15, 0.2) is 0 Å². The quantitative estimate of drug-likeness (QED) is 0.388. The molecule has 0 bridgehead atoms. The average molecular weight is 176 g/mol. The third-order valence-electron chi connectivity index (χ3n) is 0.368. The third-order valence-corrected chi connectivity index (χ3v) is 0.368. The zero-order valence-corrected chi connectivity index (χ0v) is 5.93. The van der Waals surface area contributed by atoms with Gasteiger partial charge in [-0.25, -0.2) is 14.4 Å². The molecule has 0 aliphatic rings. The molecule has 7 nitrogen and oxygen atoms in total. The number of nitrogens with two attached hydrogens (primary N) is 2. The molecular formula is C5H8N2O5. The van der Waals surface area contributed by atoms with E-state index in [1.54, 1.807) is 0 Å². The molecule has 0 aromatic heterocycles. The van der Waals surface area contributed by atoms with Crippen molar-refractivity contribution in [2.45, 2.75) is 0 Å². The standard InChI is InChI=1S/C4H4O4.CH4N2O/c5-3(6)1-2-4(7)8;2-1(3)4/h1-2H,(H,5,6)(H,7,8);(H4,2,3,4)/b2-1+;. The van der Waals surface area contributed by atoms with Crippen LogP contribution >= 0.6 is 0 Å². The first-order valence-corrected chi connectivity index (χ1v) is 2.55. The largest absolute Gasteiger partial charge is 0.478 e. The van der Waals surface area contributed by atoms with E-state index in [4.69, 9.17) is 15.0 Å². The molecule has 0 rings (SSSR count). The van der Waals surface area contributed by atoms with Crippen LogP contribution in [0.5, 0.6) is 0 Å². The summed E-state index contributed by atoms with van der Waals surface area (Å²) in [6, 6.07) is -0.833. The molecule has 0 aromatic rings. The molecule has 6 N–H and O–H groups in total. The minimum atomic E-state index is -1.26. The number of amides is 2. The Labute approximate surface area is 67.3 Å². The summed E-state index contributed by atoms with van der Waals surface area (Å²) in [4.78, 5) is 28.1. The topological polar surface area (TPSA) is 144 Å². The minimum absolute atomic E-state index is 0.558. The summed E-state index contributed by atoms with van der Waals surface area (Å²) in [6.45, 7) is 0. The van der Waals surface area contributed by atoms with Crippen LogP contribution in [0.3, 0.4) is 0 Å². The van der Waals surface area contributed by atoms with Gasteiger partial charge < -0.3 is 21.7 Å². The Balaban J connectivity index is 0. The van der Waals surface area contributed by atoms with Gasteiger partial charge in [-0.2, -0.15) is 0 Å². The van der Waals surface area contributed by atoms with E-state index in [9.17, 15) is 9.59 Å². The molecule has 7 heteroatoms. The molecule has 0 spiro atoms. The normalized spacial score (nSPS) is 8.33. The first-order valence-electron chi connectivity index (χ1n) is 2.55. The van der Waals surface area contributed by atoms with Gasteiger partial charge in [-0.3, -0.25) is 0 Å². The van der Waals surface area contributed by atoms with Crippen molar-refractivity contribution < 1.29 is 24.6 Å². The van der Waals surface area contributed by atoms with E-state index in [1.807, 2.05) is 0 Å². The van der Waals surface area contributed by atoms with Crippen molar-refractivity contribution in [1.82, 2.24) is 0 Å². The number of carbonyl (C=O) groups is 3. The zero-order valence-electron chi connectivity index (χ0n) is 5.93. The van der Waals surface area contributed by atoms with Gasteiger partial charge in [-0.05, 0) is 0 Å². The van der Waals surface area contributed by atoms with E-state index in [0.717, 1.165) is 0 Å². The predicted molar refractivity (Wildman–Crippen MR) is 38.2 cm³/mol. The summed E-state index contributed by atoms with van der Waals surface area (Å²) in [5, 5.41) is 15.6. The predicted octanol–water partition coefficient (Wildman–Crippen LogP) is -1.26. The number of hydrogen-bond acceptors (Lipinski definition) is 3. The highest BCUT2D eigenvalue weighted by molar-refractivity contribution is 5.89. The van der Waals surface area contributed by atoms with Crippen LogP contribution in [0.4, 0.5) is 4.79 Å². The lowest BCUT2D eigenvalue weighted by Gasteiger charge is -1.74. The number of rotatable bonds is 2. The first-order chi connectivity index (χ1) is 5.36. The third kappa shape index (κ3) is 44.1. The van der Waals surface area contributed by atoms with Gasteiger partial charge in [0.1, 0.15) is 0 Å². The molecule has 0 atom stereocenters. The number of primary amides is 2. The summed E-state index contributed by atoms with van der Waals surface area (Å²) in [7, 11) is 0. The summed E-state index contributed by atoms with van der Waals surface area (Å²) in [5.41, 5.74) is 8.50. The molecule has 68 valence electrons. The Bertz CT molecular complexity index is 190. The van der Waals surface area contributed by atoms with Crippen LogP contribution in [0.1, 0.15) is 0 Å². The highest BCUT2D eigenvalue weighted by Gasteiger charge is 1.88. The van der Waals surface area contributed by atoms with Gasteiger partial charge in [0.25, 0.3) is 0 Å². The van der Waals surface area contributed by atoms with Crippen molar-refractivity contribution in [2.75, 3.05) is 0 Å². The van der Waals surface area contributed by atoms with Crippen LogP contribution in [-0.2, 0) is 9.59 Å². The van der Waals surface area contributed by atoms with Crippen LogP contribution in [-0.4, -0.2) is 28.2 Å². The smallest absolute Gasteiger partial charge is 0.328 e. The Morgan fingerprint density at radius 2 is 1.08 bits per heavy atom. The summed E-state index contributed by atoms with van der Waals surface area (Å²) in [5.74, 6) is -2.51. The van der Waals surface area contributed by atoms with E-state index in [1.165, 1.54) is 0 Å². The number of hydrogen-bond donors (Lipinski definition) is 4. The number of aliphatic carboxylic acids is 2. The molecule has 2 amide bonds. The summed E-state index contributed by atoms with van der Waals surface area (Å²) in [6.07, 6.45) is 1.12.